The maximum absolute atomic E-state index is 9.00. The van der Waals surface area contributed by atoms with Gasteiger partial charge in [-0.05, 0) is 44.6 Å². The van der Waals surface area contributed by atoms with E-state index in [1.54, 1.807) is 0 Å². The van der Waals surface area contributed by atoms with Crippen LogP contribution >= 0.6 is 11.8 Å². The molecule has 102 valence electrons. The topological polar surface area (TPSA) is 32.3 Å². The molecule has 0 aromatic heterocycles. The highest BCUT2D eigenvalue weighted by Gasteiger charge is 2.32. The first kappa shape index (κ1) is 15.3. The van der Waals surface area contributed by atoms with Gasteiger partial charge in [0.1, 0.15) is 0 Å². The Morgan fingerprint density at radius 3 is 2.53 bits per heavy atom. The fourth-order valence-corrected chi connectivity index (χ4v) is 4.45. The molecule has 1 saturated carbocycles. The Morgan fingerprint density at radius 2 is 2.00 bits per heavy atom. The summed E-state index contributed by atoms with van der Waals surface area (Å²) >= 11 is 2.08. The van der Waals surface area contributed by atoms with Crippen LogP contribution in [0, 0.1) is 11.8 Å². The van der Waals surface area contributed by atoms with Gasteiger partial charge in [0.2, 0.25) is 0 Å². The van der Waals surface area contributed by atoms with E-state index in [2.05, 4.69) is 44.9 Å². The SMILES string of the molecule is CNC1CCC(C(C)C)CC1SC(C)CCO. The van der Waals surface area contributed by atoms with Crippen LogP contribution in [0.15, 0.2) is 0 Å². The summed E-state index contributed by atoms with van der Waals surface area (Å²) < 4.78 is 0. The number of thioether (sulfide) groups is 1. The fraction of sp³-hybridized carbons (Fsp3) is 1.00. The van der Waals surface area contributed by atoms with Crippen molar-refractivity contribution in [2.45, 2.75) is 63.0 Å². The zero-order valence-electron chi connectivity index (χ0n) is 11.8. The van der Waals surface area contributed by atoms with Gasteiger partial charge in [-0.3, -0.25) is 0 Å². The number of nitrogens with one attached hydrogen (secondary N) is 1. The molecule has 2 N–H and O–H groups in total. The molecule has 17 heavy (non-hydrogen) atoms. The highest BCUT2D eigenvalue weighted by Crippen LogP contribution is 2.38. The lowest BCUT2D eigenvalue weighted by Crippen LogP contribution is -2.42. The summed E-state index contributed by atoms with van der Waals surface area (Å²) in [4.78, 5) is 0. The molecule has 1 fully saturated rings. The van der Waals surface area contributed by atoms with Gasteiger partial charge in [0.15, 0.2) is 0 Å². The van der Waals surface area contributed by atoms with Gasteiger partial charge in [-0.2, -0.15) is 11.8 Å². The molecule has 3 heteroatoms. The summed E-state index contributed by atoms with van der Waals surface area (Å²) in [6.45, 7) is 7.26. The molecule has 1 rings (SSSR count). The lowest BCUT2D eigenvalue weighted by molar-refractivity contribution is 0.250. The largest absolute Gasteiger partial charge is 0.396 e. The molecule has 1 aliphatic carbocycles. The first-order valence-corrected chi connectivity index (χ1v) is 7.96. The van der Waals surface area contributed by atoms with Gasteiger partial charge in [0, 0.05) is 23.1 Å². The van der Waals surface area contributed by atoms with Gasteiger partial charge in [0.05, 0.1) is 0 Å². The maximum atomic E-state index is 9.00. The average molecular weight is 259 g/mol. The monoisotopic (exact) mass is 259 g/mol. The summed E-state index contributed by atoms with van der Waals surface area (Å²) in [6, 6.07) is 0.663. The van der Waals surface area contributed by atoms with E-state index in [1.807, 2.05) is 0 Å². The highest BCUT2D eigenvalue weighted by atomic mass is 32.2. The van der Waals surface area contributed by atoms with Crippen molar-refractivity contribution < 1.29 is 5.11 Å². The second kappa shape index (κ2) is 7.65. The van der Waals surface area contributed by atoms with E-state index >= 15 is 0 Å². The van der Waals surface area contributed by atoms with Crippen molar-refractivity contribution in [2.75, 3.05) is 13.7 Å². The van der Waals surface area contributed by atoms with E-state index in [1.165, 1.54) is 19.3 Å². The van der Waals surface area contributed by atoms with Crippen LogP contribution < -0.4 is 5.32 Å². The van der Waals surface area contributed by atoms with Crippen molar-refractivity contribution in [2.24, 2.45) is 11.8 Å². The van der Waals surface area contributed by atoms with Crippen molar-refractivity contribution in [3.63, 3.8) is 0 Å². The van der Waals surface area contributed by atoms with E-state index in [0.29, 0.717) is 17.9 Å². The number of aliphatic hydroxyl groups is 1. The third-order valence-electron chi connectivity index (χ3n) is 4.09. The molecule has 0 heterocycles. The van der Waals surface area contributed by atoms with E-state index in [9.17, 15) is 0 Å². The molecule has 0 saturated heterocycles. The second-order valence-electron chi connectivity index (χ2n) is 5.71. The van der Waals surface area contributed by atoms with Crippen molar-refractivity contribution in [3.8, 4) is 0 Å². The Bertz CT molecular complexity index is 210. The molecule has 0 spiro atoms. The molecule has 0 amide bonds. The molecular formula is C14H29NOS. The zero-order valence-corrected chi connectivity index (χ0v) is 12.6. The summed E-state index contributed by atoms with van der Waals surface area (Å²) in [6.07, 6.45) is 4.94. The quantitative estimate of drug-likeness (QED) is 0.769. The van der Waals surface area contributed by atoms with Crippen molar-refractivity contribution >= 4 is 11.8 Å². The molecule has 0 bridgehead atoms. The summed E-state index contributed by atoms with van der Waals surface area (Å²) in [5, 5.41) is 13.8. The van der Waals surface area contributed by atoms with Crippen LogP contribution in [0.25, 0.3) is 0 Å². The van der Waals surface area contributed by atoms with Crippen LogP contribution in [-0.2, 0) is 0 Å². The highest BCUT2D eigenvalue weighted by molar-refractivity contribution is 8.00. The molecular weight excluding hydrogens is 230 g/mol. The van der Waals surface area contributed by atoms with Crippen LogP contribution in [0.4, 0.5) is 0 Å². The van der Waals surface area contributed by atoms with Gasteiger partial charge in [-0.15, -0.1) is 0 Å². The first-order valence-electron chi connectivity index (χ1n) is 7.02. The molecule has 0 radical (unpaired) electrons. The Kier molecular flexibility index (Phi) is 6.90. The fourth-order valence-electron chi connectivity index (χ4n) is 2.79. The predicted molar refractivity (Wildman–Crippen MR) is 77.6 cm³/mol. The van der Waals surface area contributed by atoms with E-state index in [4.69, 9.17) is 5.11 Å². The smallest absolute Gasteiger partial charge is 0.0441 e. The minimum absolute atomic E-state index is 0.318. The molecule has 2 nitrogen and oxygen atoms in total. The summed E-state index contributed by atoms with van der Waals surface area (Å²) in [7, 11) is 2.09. The van der Waals surface area contributed by atoms with Gasteiger partial charge in [-0.1, -0.05) is 20.8 Å². The van der Waals surface area contributed by atoms with E-state index in [-0.39, 0.29) is 0 Å². The summed E-state index contributed by atoms with van der Waals surface area (Å²) in [5.74, 6) is 1.70. The van der Waals surface area contributed by atoms with Crippen molar-refractivity contribution in [1.82, 2.24) is 5.32 Å². The Balaban J connectivity index is 2.50. The Hall–Kier alpha value is 0.270. The minimum atomic E-state index is 0.318. The maximum Gasteiger partial charge on any atom is 0.0441 e. The van der Waals surface area contributed by atoms with Crippen LogP contribution in [0.5, 0.6) is 0 Å². The van der Waals surface area contributed by atoms with Crippen LogP contribution in [-0.4, -0.2) is 35.3 Å². The minimum Gasteiger partial charge on any atom is -0.396 e. The van der Waals surface area contributed by atoms with Gasteiger partial charge in [0.25, 0.3) is 0 Å². The number of rotatable bonds is 6. The van der Waals surface area contributed by atoms with Gasteiger partial charge < -0.3 is 10.4 Å². The van der Waals surface area contributed by atoms with Crippen LogP contribution in [0.1, 0.15) is 46.5 Å². The third-order valence-corrected chi connectivity index (χ3v) is 5.66. The van der Waals surface area contributed by atoms with Gasteiger partial charge >= 0.3 is 0 Å². The molecule has 0 aliphatic heterocycles. The molecule has 0 aromatic rings. The van der Waals surface area contributed by atoms with E-state index < -0.39 is 0 Å². The average Bonchev–Trinajstić information content (AvgIpc) is 2.29. The van der Waals surface area contributed by atoms with Gasteiger partial charge in [-0.25, -0.2) is 0 Å². The first-order chi connectivity index (χ1) is 8.08. The number of aliphatic hydroxyl groups excluding tert-OH is 1. The molecule has 4 unspecified atom stereocenters. The van der Waals surface area contributed by atoms with Crippen molar-refractivity contribution in [3.05, 3.63) is 0 Å². The summed E-state index contributed by atoms with van der Waals surface area (Å²) in [5.41, 5.74) is 0. The third kappa shape index (κ3) is 4.80. The number of hydrogen-bond donors (Lipinski definition) is 2. The lowest BCUT2D eigenvalue weighted by atomic mass is 9.79. The Labute approximate surface area is 111 Å². The second-order valence-corrected chi connectivity index (χ2v) is 7.39. The van der Waals surface area contributed by atoms with Crippen LogP contribution in [0.2, 0.25) is 0 Å². The normalized spacial score (nSPS) is 31.8. The standard InChI is InChI=1S/C14H29NOS/c1-10(2)12-5-6-13(15-4)14(9-12)17-11(3)7-8-16/h10-16H,5-9H2,1-4H3. The van der Waals surface area contributed by atoms with E-state index in [0.717, 1.165) is 23.5 Å². The van der Waals surface area contributed by atoms with Crippen LogP contribution in [0.3, 0.4) is 0 Å². The molecule has 4 atom stereocenters. The predicted octanol–water partition coefficient (Wildman–Crippen LogP) is 2.90. The lowest BCUT2D eigenvalue weighted by Gasteiger charge is -2.38. The zero-order chi connectivity index (χ0) is 12.8. The molecule has 0 aromatic carbocycles. The molecule has 1 aliphatic rings. The Morgan fingerprint density at radius 1 is 1.29 bits per heavy atom. The van der Waals surface area contributed by atoms with Crippen molar-refractivity contribution in [1.29, 1.82) is 0 Å². The number of hydrogen-bond acceptors (Lipinski definition) is 3.